The number of benzene rings is 1. The Morgan fingerprint density at radius 3 is 2.21 bits per heavy atom. The first kappa shape index (κ1) is 15.4. The third kappa shape index (κ3) is 4.82. The summed E-state index contributed by atoms with van der Waals surface area (Å²) in [5.41, 5.74) is 5.92. The lowest BCUT2D eigenvalue weighted by molar-refractivity contribution is -0.119. The summed E-state index contributed by atoms with van der Waals surface area (Å²) < 4.78 is 28.1. The van der Waals surface area contributed by atoms with Crippen LogP contribution in [0.25, 0.3) is 0 Å². The molecule has 1 aromatic carbocycles. The molecule has 1 rings (SSSR count). The molecule has 0 radical (unpaired) electrons. The first-order chi connectivity index (χ1) is 8.70. The maximum atomic E-state index is 12.0. The molecule has 0 aliphatic heterocycles. The molecule has 19 heavy (non-hydrogen) atoms. The van der Waals surface area contributed by atoms with Crippen molar-refractivity contribution in [3.63, 3.8) is 0 Å². The molecule has 1 atom stereocenters. The van der Waals surface area contributed by atoms with Crippen LogP contribution in [-0.2, 0) is 4.79 Å². The summed E-state index contributed by atoms with van der Waals surface area (Å²) in [5.74, 6) is -0.289. The van der Waals surface area contributed by atoms with E-state index in [2.05, 4.69) is 10.1 Å². The minimum atomic E-state index is -2.87. The topological polar surface area (TPSA) is 64.4 Å². The van der Waals surface area contributed by atoms with E-state index in [4.69, 9.17) is 5.73 Å². The van der Waals surface area contributed by atoms with Gasteiger partial charge in [-0.1, -0.05) is 20.8 Å². The molecule has 0 aromatic heterocycles. The molecule has 6 heteroatoms. The molecular formula is C13H18F2N2O2. The van der Waals surface area contributed by atoms with Crippen molar-refractivity contribution in [2.45, 2.75) is 33.4 Å². The van der Waals surface area contributed by atoms with E-state index in [1.807, 2.05) is 20.8 Å². The Morgan fingerprint density at radius 2 is 1.79 bits per heavy atom. The third-order valence-electron chi connectivity index (χ3n) is 2.56. The molecular weight excluding hydrogens is 254 g/mol. The van der Waals surface area contributed by atoms with Gasteiger partial charge < -0.3 is 15.8 Å². The van der Waals surface area contributed by atoms with Crippen molar-refractivity contribution in [3.8, 4) is 5.75 Å². The summed E-state index contributed by atoms with van der Waals surface area (Å²) in [5, 5.41) is 2.62. The van der Waals surface area contributed by atoms with Gasteiger partial charge in [0.15, 0.2) is 0 Å². The van der Waals surface area contributed by atoms with Crippen LogP contribution in [0.15, 0.2) is 24.3 Å². The van der Waals surface area contributed by atoms with Crippen molar-refractivity contribution in [1.29, 1.82) is 0 Å². The molecule has 0 unspecified atom stereocenters. The molecule has 0 spiro atoms. The average molecular weight is 272 g/mol. The Bertz CT molecular complexity index is 427. The van der Waals surface area contributed by atoms with Crippen molar-refractivity contribution < 1.29 is 18.3 Å². The fraction of sp³-hybridized carbons (Fsp3) is 0.462. The first-order valence-corrected chi connectivity index (χ1v) is 5.81. The Hall–Kier alpha value is -1.69. The van der Waals surface area contributed by atoms with E-state index in [0.29, 0.717) is 5.69 Å². The Morgan fingerprint density at radius 1 is 1.26 bits per heavy atom. The van der Waals surface area contributed by atoms with E-state index in [9.17, 15) is 13.6 Å². The second-order valence-corrected chi connectivity index (χ2v) is 5.24. The molecule has 4 nitrogen and oxygen atoms in total. The van der Waals surface area contributed by atoms with E-state index >= 15 is 0 Å². The molecule has 0 aliphatic rings. The van der Waals surface area contributed by atoms with Gasteiger partial charge in [-0.3, -0.25) is 4.79 Å². The molecule has 1 aromatic rings. The summed E-state index contributed by atoms with van der Waals surface area (Å²) in [6, 6.07) is 4.99. The van der Waals surface area contributed by atoms with E-state index in [0.717, 1.165) is 0 Å². The molecule has 0 bridgehead atoms. The number of anilines is 1. The Balaban J connectivity index is 2.65. The fourth-order valence-corrected chi connectivity index (χ4v) is 1.33. The van der Waals surface area contributed by atoms with Gasteiger partial charge in [0.05, 0.1) is 6.04 Å². The summed E-state index contributed by atoms with van der Waals surface area (Å²) in [4.78, 5) is 11.8. The minimum Gasteiger partial charge on any atom is -0.435 e. The Kier molecular flexibility index (Phi) is 4.83. The van der Waals surface area contributed by atoms with Crippen LogP contribution in [0.3, 0.4) is 0 Å². The molecule has 0 saturated carbocycles. The summed E-state index contributed by atoms with van der Waals surface area (Å²) in [6.45, 7) is 2.71. The van der Waals surface area contributed by atoms with Crippen molar-refractivity contribution in [3.05, 3.63) is 24.3 Å². The predicted molar refractivity (Wildman–Crippen MR) is 69.1 cm³/mol. The molecule has 106 valence electrons. The van der Waals surface area contributed by atoms with Gasteiger partial charge in [0.1, 0.15) is 5.75 Å². The zero-order chi connectivity index (χ0) is 14.6. The first-order valence-electron chi connectivity index (χ1n) is 5.81. The van der Waals surface area contributed by atoms with Crippen LogP contribution in [0.1, 0.15) is 20.8 Å². The summed E-state index contributed by atoms with van der Waals surface area (Å²) in [6.07, 6.45) is 0. The second-order valence-electron chi connectivity index (χ2n) is 5.24. The zero-order valence-electron chi connectivity index (χ0n) is 11.1. The molecule has 0 heterocycles. The summed E-state index contributed by atoms with van der Waals surface area (Å²) >= 11 is 0. The number of hydrogen-bond donors (Lipinski definition) is 2. The van der Waals surface area contributed by atoms with E-state index in [1.54, 1.807) is 0 Å². The number of nitrogens with one attached hydrogen (secondary N) is 1. The molecule has 3 N–H and O–H groups in total. The van der Waals surface area contributed by atoms with Crippen LogP contribution in [0.2, 0.25) is 0 Å². The van der Waals surface area contributed by atoms with E-state index in [1.165, 1.54) is 24.3 Å². The van der Waals surface area contributed by atoms with E-state index < -0.39 is 12.7 Å². The quantitative estimate of drug-likeness (QED) is 0.885. The fourth-order valence-electron chi connectivity index (χ4n) is 1.33. The monoisotopic (exact) mass is 272 g/mol. The van der Waals surface area contributed by atoms with Crippen LogP contribution >= 0.6 is 0 Å². The maximum Gasteiger partial charge on any atom is 0.387 e. The molecule has 0 aliphatic carbocycles. The van der Waals surface area contributed by atoms with Gasteiger partial charge in [-0.05, 0) is 29.7 Å². The second kappa shape index (κ2) is 5.97. The zero-order valence-corrected chi connectivity index (χ0v) is 11.1. The van der Waals surface area contributed by atoms with Crippen molar-refractivity contribution in [2.75, 3.05) is 5.32 Å². The van der Waals surface area contributed by atoms with Gasteiger partial charge in [0.2, 0.25) is 5.91 Å². The third-order valence-corrected chi connectivity index (χ3v) is 2.56. The smallest absolute Gasteiger partial charge is 0.387 e. The van der Waals surface area contributed by atoms with Crippen LogP contribution in [-0.4, -0.2) is 18.6 Å². The van der Waals surface area contributed by atoms with Gasteiger partial charge in [0, 0.05) is 5.69 Å². The highest BCUT2D eigenvalue weighted by Gasteiger charge is 2.27. The number of alkyl halides is 2. The number of hydrogen-bond acceptors (Lipinski definition) is 3. The highest BCUT2D eigenvalue weighted by Crippen LogP contribution is 2.21. The van der Waals surface area contributed by atoms with Crippen LogP contribution in [0, 0.1) is 5.41 Å². The highest BCUT2D eigenvalue weighted by molar-refractivity contribution is 5.95. The maximum absolute atomic E-state index is 12.0. The number of nitrogens with two attached hydrogens (primary N) is 1. The van der Waals surface area contributed by atoms with E-state index in [-0.39, 0.29) is 17.1 Å². The number of rotatable bonds is 4. The number of carbonyl (C=O) groups is 1. The predicted octanol–water partition coefficient (Wildman–Crippen LogP) is 2.60. The lowest BCUT2D eigenvalue weighted by atomic mass is 9.87. The van der Waals surface area contributed by atoms with Crippen molar-refractivity contribution in [2.24, 2.45) is 11.1 Å². The van der Waals surface area contributed by atoms with Crippen LogP contribution in [0.5, 0.6) is 5.75 Å². The number of halogens is 2. The average Bonchev–Trinajstić information content (AvgIpc) is 2.28. The largest absolute Gasteiger partial charge is 0.435 e. The summed E-state index contributed by atoms with van der Waals surface area (Å²) in [7, 11) is 0. The van der Waals surface area contributed by atoms with Crippen molar-refractivity contribution in [1.82, 2.24) is 0 Å². The number of ether oxygens (including phenoxy) is 1. The van der Waals surface area contributed by atoms with Crippen molar-refractivity contribution >= 4 is 11.6 Å². The van der Waals surface area contributed by atoms with Gasteiger partial charge in [-0.15, -0.1) is 0 Å². The lowest BCUT2D eigenvalue weighted by Gasteiger charge is -2.25. The molecule has 0 saturated heterocycles. The van der Waals surface area contributed by atoms with Gasteiger partial charge in [-0.2, -0.15) is 8.78 Å². The van der Waals surface area contributed by atoms with Gasteiger partial charge in [-0.25, -0.2) is 0 Å². The highest BCUT2D eigenvalue weighted by atomic mass is 19.3. The van der Waals surface area contributed by atoms with Crippen LogP contribution < -0.4 is 15.8 Å². The number of carbonyl (C=O) groups excluding carboxylic acids is 1. The Labute approximate surface area is 110 Å². The standard InChI is InChI=1S/C13H18F2N2O2/c1-13(2,3)10(16)11(18)17-8-4-6-9(7-5-8)19-12(14)15/h4-7,10,12H,16H2,1-3H3,(H,17,18)/t10-/m1/s1. The normalized spacial score (nSPS) is 13.2. The minimum absolute atomic E-state index is 0.0353. The SMILES string of the molecule is CC(C)(C)[C@H](N)C(=O)Nc1ccc(OC(F)F)cc1. The van der Waals surface area contributed by atoms with Gasteiger partial charge >= 0.3 is 6.61 Å². The van der Waals surface area contributed by atoms with Gasteiger partial charge in [0.25, 0.3) is 0 Å². The lowest BCUT2D eigenvalue weighted by Crippen LogP contribution is -2.45. The van der Waals surface area contributed by atoms with Crippen LogP contribution in [0.4, 0.5) is 14.5 Å². The molecule has 0 fully saturated rings. The molecule has 1 amide bonds. The number of amides is 1.